The van der Waals surface area contributed by atoms with Crippen LogP contribution in [0.4, 0.5) is 5.82 Å². The lowest BCUT2D eigenvalue weighted by Gasteiger charge is -2.29. The van der Waals surface area contributed by atoms with E-state index in [-0.39, 0.29) is 0 Å². The molecule has 1 aromatic rings. The monoisotopic (exact) mass is 289 g/mol. The highest BCUT2D eigenvalue weighted by Crippen LogP contribution is 2.32. The van der Waals surface area contributed by atoms with Crippen LogP contribution in [-0.2, 0) is 13.0 Å². The summed E-state index contributed by atoms with van der Waals surface area (Å²) in [6, 6.07) is 5.54. The summed E-state index contributed by atoms with van der Waals surface area (Å²) in [7, 11) is 0. The molecule has 1 fully saturated rings. The fourth-order valence-corrected chi connectivity index (χ4v) is 2.53. The van der Waals surface area contributed by atoms with Gasteiger partial charge in [0.15, 0.2) is 0 Å². The Labute approximate surface area is 130 Å². The number of rotatable bonds is 8. The Balaban J connectivity index is 2.20. The first kappa shape index (κ1) is 16.3. The Bertz CT molecular complexity index is 450. The third-order valence-corrected chi connectivity index (χ3v) is 4.07. The summed E-state index contributed by atoms with van der Waals surface area (Å²) in [6.07, 6.45) is 3.77. The van der Waals surface area contributed by atoms with Crippen molar-refractivity contribution < 1.29 is 0 Å². The Hall–Kier alpha value is -1.09. The molecule has 1 aliphatic rings. The van der Waals surface area contributed by atoms with Crippen molar-refractivity contribution in [2.75, 3.05) is 11.4 Å². The molecule has 3 nitrogen and oxygen atoms in total. The zero-order valence-electron chi connectivity index (χ0n) is 14.3. The van der Waals surface area contributed by atoms with Crippen LogP contribution in [0.5, 0.6) is 0 Å². The normalized spacial score (nSPS) is 15.0. The van der Waals surface area contributed by atoms with Gasteiger partial charge in [0.1, 0.15) is 5.82 Å². The highest BCUT2D eigenvalue weighted by Gasteiger charge is 2.26. The average Bonchev–Trinajstić information content (AvgIpc) is 3.25. The van der Waals surface area contributed by atoms with Gasteiger partial charge in [-0.3, -0.25) is 0 Å². The predicted octanol–water partition coefficient (Wildman–Crippen LogP) is 3.77. The minimum atomic E-state index is 0.510. The lowest BCUT2D eigenvalue weighted by atomic mass is 10.1. The van der Waals surface area contributed by atoms with E-state index in [0.29, 0.717) is 12.1 Å². The summed E-state index contributed by atoms with van der Waals surface area (Å²) in [4.78, 5) is 7.36. The third kappa shape index (κ3) is 4.99. The quantitative estimate of drug-likeness (QED) is 0.789. The summed E-state index contributed by atoms with van der Waals surface area (Å²) in [5.74, 6) is 2.05. The highest BCUT2D eigenvalue weighted by molar-refractivity contribution is 5.44. The molecule has 2 rings (SSSR count). The molecule has 0 aromatic carbocycles. The summed E-state index contributed by atoms with van der Waals surface area (Å²) >= 11 is 0. The largest absolute Gasteiger partial charge is 0.354 e. The summed E-state index contributed by atoms with van der Waals surface area (Å²) in [5.41, 5.74) is 2.56. The summed E-state index contributed by atoms with van der Waals surface area (Å²) in [6.45, 7) is 13.2. The first-order valence-corrected chi connectivity index (χ1v) is 8.49. The Morgan fingerprint density at radius 2 is 1.95 bits per heavy atom. The van der Waals surface area contributed by atoms with E-state index >= 15 is 0 Å². The van der Waals surface area contributed by atoms with E-state index in [0.717, 1.165) is 31.2 Å². The van der Waals surface area contributed by atoms with Crippen molar-refractivity contribution in [3.8, 4) is 0 Å². The van der Waals surface area contributed by atoms with Gasteiger partial charge in [-0.25, -0.2) is 4.98 Å². The van der Waals surface area contributed by atoms with Gasteiger partial charge in [-0.05, 0) is 56.7 Å². The van der Waals surface area contributed by atoms with Crippen LogP contribution < -0.4 is 10.2 Å². The average molecular weight is 289 g/mol. The molecule has 1 N–H and O–H groups in total. The van der Waals surface area contributed by atoms with E-state index in [9.17, 15) is 0 Å². The van der Waals surface area contributed by atoms with Gasteiger partial charge in [-0.15, -0.1) is 0 Å². The lowest BCUT2D eigenvalue weighted by Crippen LogP contribution is -2.34. The Morgan fingerprint density at radius 3 is 2.48 bits per heavy atom. The van der Waals surface area contributed by atoms with E-state index in [1.165, 1.54) is 24.1 Å². The van der Waals surface area contributed by atoms with Crippen LogP contribution >= 0.6 is 0 Å². The second-order valence-electron chi connectivity index (χ2n) is 6.90. The van der Waals surface area contributed by atoms with Crippen LogP contribution in [0.15, 0.2) is 12.1 Å². The third-order valence-electron chi connectivity index (χ3n) is 4.07. The number of nitrogens with one attached hydrogen (secondary N) is 1. The van der Waals surface area contributed by atoms with Crippen molar-refractivity contribution in [1.82, 2.24) is 10.3 Å². The molecule has 0 spiro atoms. The molecule has 1 aromatic heterocycles. The number of aromatic nitrogens is 1. The Morgan fingerprint density at radius 1 is 1.24 bits per heavy atom. The number of anilines is 1. The first-order chi connectivity index (χ1) is 9.99. The van der Waals surface area contributed by atoms with Gasteiger partial charge in [-0.1, -0.05) is 20.8 Å². The fourth-order valence-electron chi connectivity index (χ4n) is 2.53. The standard InChI is InChI=1S/C18H31N3/c1-6-17-9-16(11-19-13(2)3)10-18(20-17)21(14(4)5)12-15-7-8-15/h9-10,13-15,19H,6-8,11-12H2,1-5H3. The second-order valence-corrected chi connectivity index (χ2v) is 6.90. The van der Waals surface area contributed by atoms with Crippen LogP contribution in [0.25, 0.3) is 0 Å². The van der Waals surface area contributed by atoms with Gasteiger partial charge in [-0.2, -0.15) is 0 Å². The smallest absolute Gasteiger partial charge is 0.129 e. The van der Waals surface area contributed by atoms with Crippen molar-refractivity contribution in [2.45, 2.75) is 72.5 Å². The second kappa shape index (κ2) is 7.26. The maximum absolute atomic E-state index is 4.88. The van der Waals surface area contributed by atoms with Crippen molar-refractivity contribution in [2.24, 2.45) is 5.92 Å². The van der Waals surface area contributed by atoms with Gasteiger partial charge < -0.3 is 10.2 Å². The molecule has 3 heteroatoms. The molecule has 0 aliphatic heterocycles. The van der Waals surface area contributed by atoms with Gasteiger partial charge in [0.2, 0.25) is 0 Å². The number of nitrogens with zero attached hydrogens (tertiary/aromatic N) is 2. The maximum Gasteiger partial charge on any atom is 0.129 e. The molecule has 0 bridgehead atoms. The molecule has 0 amide bonds. The molecule has 0 radical (unpaired) electrons. The molecule has 1 aliphatic carbocycles. The van der Waals surface area contributed by atoms with Crippen LogP contribution in [0.3, 0.4) is 0 Å². The topological polar surface area (TPSA) is 28.2 Å². The van der Waals surface area contributed by atoms with E-state index < -0.39 is 0 Å². The van der Waals surface area contributed by atoms with Crippen LogP contribution in [0.1, 0.15) is 58.7 Å². The maximum atomic E-state index is 4.88. The summed E-state index contributed by atoms with van der Waals surface area (Å²) < 4.78 is 0. The molecule has 21 heavy (non-hydrogen) atoms. The molecule has 0 atom stereocenters. The van der Waals surface area contributed by atoms with Crippen LogP contribution in [-0.4, -0.2) is 23.6 Å². The van der Waals surface area contributed by atoms with Gasteiger partial charge >= 0.3 is 0 Å². The zero-order chi connectivity index (χ0) is 15.4. The van der Waals surface area contributed by atoms with E-state index in [4.69, 9.17) is 4.98 Å². The van der Waals surface area contributed by atoms with Gasteiger partial charge in [0.05, 0.1) is 0 Å². The minimum Gasteiger partial charge on any atom is -0.354 e. The molecule has 1 heterocycles. The van der Waals surface area contributed by atoms with E-state index in [2.05, 4.69) is 57.0 Å². The molecule has 1 saturated carbocycles. The molecule has 118 valence electrons. The first-order valence-electron chi connectivity index (χ1n) is 8.49. The van der Waals surface area contributed by atoms with Crippen LogP contribution in [0, 0.1) is 5.92 Å². The highest BCUT2D eigenvalue weighted by atomic mass is 15.2. The predicted molar refractivity (Wildman–Crippen MR) is 90.8 cm³/mol. The van der Waals surface area contributed by atoms with Crippen molar-refractivity contribution in [3.05, 3.63) is 23.4 Å². The van der Waals surface area contributed by atoms with Gasteiger partial charge in [0.25, 0.3) is 0 Å². The summed E-state index contributed by atoms with van der Waals surface area (Å²) in [5, 5.41) is 3.52. The Kier molecular flexibility index (Phi) is 5.63. The molecule has 0 unspecified atom stereocenters. The number of aryl methyl sites for hydroxylation is 1. The zero-order valence-corrected chi connectivity index (χ0v) is 14.3. The van der Waals surface area contributed by atoms with Crippen LogP contribution in [0.2, 0.25) is 0 Å². The molecular formula is C18H31N3. The number of pyridine rings is 1. The molecular weight excluding hydrogens is 258 g/mol. The van der Waals surface area contributed by atoms with Crippen molar-refractivity contribution in [1.29, 1.82) is 0 Å². The lowest BCUT2D eigenvalue weighted by molar-refractivity contribution is 0.586. The fraction of sp³-hybridized carbons (Fsp3) is 0.722. The number of hydrogen-bond donors (Lipinski definition) is 1. The van der Waals surface area contributed by atoms with E-state index in [1.54, 1.807) is 0 Å². The SMILES string of the molecule is CCc1cc(CNC(C)C)cc(N(CC2CC2)C(C)C)n1. The van der Waals surface area contributed by atoms with E-state index in [1.807, 2.05) is 0 Å². The number of hydrogen-bond acceptors (Lipinski definition) is 3. The molecule has 0 saturated heterocycles. The minimum absolute atomic E-state index is 0.510. The van der Waals surface area contributed by atoms with Crippen molar-refractivity contribution >= 4 is 5.82 Å². The van der Waals surface area contributed by atoms with Gasteiger partial charge in [0, 0.05) is 30.9 Å². The van der Waals surface area contributed by atoms with Crippen molar-refractivity contribution in [3.63, 3.8) is 0 Å².